The molecule has 1 heterocycles. The normalized spacial score (nSPS) is 11.8. The molecule has 90 valence electrons. The number of halogens is 1. The Morgan fingerprint density at radius 1 is 1.44 bits per heavy atom. The first kappa shape index (κ1) is 13.5. The number of pyridine rings is 1. The van der Waals surface area contributed by atoms with Crippen LogP contribution in [0.15, 0.2) is 18.5 Å². The van der Waals surface area contributed by atoms with Gasteiger partial charge in [-0.05, 0) is 36.4 Å². The van der Waals surface area contributed by atoms with Crippen LogP contribution in [-0.2, 0) is 6.42 Å². The van der Waals surface area contributed by atoms with Gasteiger partial charge in [0, 0.05) is 18.9 Å². The summed E-state index contributed by atoms with van der Waals surface area (Å²) in [7, 11) is 0. The molecule has 0 aromatic carbocycles. The Hall–Kier alpha value is -0.600. The lowest BCUT2D eigenvalue weighted by Gasteiger charge is -2.25. The van der Waals surface area contributed by atoms with E-state index in [1.807, 2.05) is 6.07 Å². The lowest BCUT2D eigenvalue weighted by atomic mass is 9.86. The lowest BCUT2D eigenvalue weighted by Crippen LogP contribution is -2.31. The van der Waals surface area contributed by atoms with Gasteiger partial charge in [0.1, 0.15) is 0 Å². The summed E-state index contributed by atoms with van der Waals surface area (Å²) < 4.78 is 0. The molecular formula is C13H21ClN2. The summed E-state index contributed by atoms with van der Waals surface area (Å²) in [4.78, 5) is 4.00. The second kappa shape index (κ2) is 6.21. The highest BCUT2D eigenvalue weighted by Gasteiger charge is 2.19. The minimum absolute atomic E-state index is 0.222. The summed E-state index contributed by atoms with van der Waals surface area (Å²) >= 11 is 6.11. The van der Waals surface area contributed by atoms with E-state index in [4.69, 9.17) is 11.6 Å². The fraction of sp³-hybridized carbons (Fsp3) is 0.615. The summed E-state index contributed by atoms with van der Waals surface area (Å²) in [5.41, 5.74) is 1.40. The summed E-state index contributed by atoms with van der Waals surface area (Å²) in [6.07, 6.45) is 5.67. The maximum absolute atomic E-state index is 6.11. The molecule has 0 saturated heterocycles. The van der Waals surface area contributed by atoms with Crippen LogP contribution in [0.1, 0.15) is 32.8 Å². The van der Waals surface area contributed by atoms with Gasteiger partial charge in [0.05, 0.1) is 5.02 Å². The van der Waals surface area contributed by atoms with Crippen LogP contribution in [0.2, 0.25) is 5.02 Å². The second-order valence-corrected chi connectivity index (χ2v) is 5.39. The molecule has 1 N–H and O–H groups in total. The quantitative estimate of drug-likeness (QED) is 0.772. The van der Waals surface area contributed by atoms with Gasteiger partial charge >= 0.3 is 0 Å². The van der Waals surface area contributed by atoms with Gasteiger partial charge in [-0.3, -0.25) is 4.98 Å². The van der Waals surface area contributed by atoms with Crippen molar-refractivity contribution < 1.29 is 0 Å². The van der Waals surface area contributed by atoms with E-state index in [0.717, 1.165) is 24.5 Å². The molecule has 0 aliphatic rings. The van der Waals surface area contributed by atoms with Crippen molar-refractivity contribution in [3.05, 3.63) is 29.0 Å². The summed E-state index contributed by atoms with van der Waals surface area (Å²) in [6, 6.07) is 2.00. The van der Waals surface area contributed by atoms with Crippen LogP contribution in [0.5, 0.6) is 0 Å². The maximum atomic E-state index is 6.11. The number of nitrogens with zero attached hydrogens (tertiary/aromatic N) is 1. The van der Waals surface area contributed by atoms with Gasteiger partial charge in [0.15, 0.2) is 0 Å². The number of hydrogen-bond donors (Lipinski definition) is 1. The number of aromatic nitrogens is 1. The van der Waals surface area contributed by atoms with Crippen LogP contribution in [-0.4, -0.2) is 18.1 Å². The highest BCUT2D eigenvalue weighted by atomic mass is 35.5. The van der Waals surface area contributed by atoms with E-state index in [1.165, 1.54) is 12.0 Å². The van der Waals surface area contributed by atoms with Crippen molar-refractivity contribution in [2.24, 2.45) is 5.41 Å². The van der Waals surface area contributed by atoms with Gasteiger partial charge in [-0.2, -0.15) is 0 Å². The minimum Gasteiger partial charge on any atom is -0.316 e. The van der Waals surface area contributed by atoms with Crippen LogP contribution < -0.4 is 5.32 Å². The molecule has 0 fully saturated rings. The highest BCUT2D eigenvalue weighted by molar-refractivity contribution is 6.31. The molecule has 3 heteroatoms. The molecule has 0 unspecified atom stereocenters. The van der Waals surface area contributed by atoms with E-state index in [9.17, 15) is 0 Å². The van der Waals surface area contributed by atoms with Crippen LogP contribution >= 0.6 is 11.6 Å². The van der Waals surface area contributed by atoms with E-state index >= 15 is 0 Å². The number of nitrogens with one attached hydrogen (secondary N) is 1. The largest absolute Gasteiger partial charge is 0.316 e. The van der Waals surface area contributed by atoms with Gasteiger partial charge in [0.25, 0.3) is 0 Å². The molecule has 1 rings (SSSR count). The molecule has 0 saturated carbocycles. The van der Waals surface area contributed by atoms with E-state index in [2.05, 4.69) is 31.1 Å². The lowest BCUT2D eigenvalue weighted by molar-refractivity contribution is 0.339. The molecule has 0 amide bonds. The topological polar surface area (TPSA) is 24.9 Å². The molecule has 0 aliphatic carbocycles. The Bertz CT molecular complexity index is 323. The van der Waals surface area contributed by atoms with Crippen molar-refractivity contribution in [3.8, 4) is 0 Å². The molecule has 0 spiro atoms. The SMILES string of the molecule is CCCNCC(C)(C)Cc1ccncc1Cl. The molecule has 0 atom stereocenters. The fourth-order valence-corrected chi connectivity index (χ4v) is 1.92. The Balaban J connectivity index is 2.55. The Labute approximate surface area is 103 Å². The van der Waals surface area contributed by atoms with E-state index in [1.54, 1.807) is 12.4 Å². The smallest absolute Gasteiger partial charge is 0.0621 e. The first-order chi connectivity index (χ1) is 7.55. The van der Waals surface area contributed by atoms with Gasteiger partial charge < -0.3 is 5.32 Å². The summed E-state index contributed by atoms with van der Waals surface area (Å²) in [6.45, 7) is 8.78. The highest BCUT2D eigenvalue weighted by Crippen LogP contribution is 2.25. The number of hydrogen-bond acceptors (Lipinski definition) is 2. The zero-order chi connectivity index (χ0) is 12.0. The summed E-state index contributed by atoms with van der Waals surface area (Å²) in [5, 5.41) is 4.23. The predicted octanol–water partition coefficient (Wildman–Crippen LogP) is 3.30. The van der Waals surface area contributed by atoms with E-state index in [-0.39, 0.29) is 5.41 Å². The fourth-order valence-electron chi connectivity index (χ4n) is 1.73. The van der Waals surface area contributed by atoms with Crippen LogP contribution in [0, 0.1) is 5.41 Å². The van der Waals surface area contributed by atoms with Crippen LogP contribution in [0.4, 0.5) is 0 Å². The predicted molar refractivity (Wildman–Crippen MR) is 69.9 cm³/mol. The molecule has 1 aromatic heterocycles. The third kappa shape index (κ3) is 4.50. The third-order valence-electron chi connectivity index (χ3n) is 2.56. The van der Waals surface area contributed by atoms with Crippen LogP contribution in [0.3, 0.4) is 0 Å². The van der Waals surface area contributed by atoms with Crippen LogP contribution in [0.25, 0.3) is 0 Å². The molecule has 0 aliphatic heterocycles. The zero-order valence-electron chi connectivity index (χ0n) is 10.4. The standard InChI is InChI=1S/C13H21ClN2/c1-4-6-16-10-13(2,3)8-11-5-7-15-9-12(11)14/h5,7,9,16H,4,6,8,10H2,1-3H3. The third-order valence-corrected chi connectivity index (χ3v) is 2.90. The van der Waals surface area contributed by atoms with Crippen molar-refractivity contribution in [1.82, 2.24) is 10.3 Å². The van der Waals surface area contributed by atoms with Crippen molar-refractivity contribution in [3.63, 3.8) is 0 Å². The number of rotatable bonds is 6. The molecule has 16 heavy (non-hydrogen) atoms. The second-order valence-electron chi connectivity index (χ2n) is 4.98. The monoisotopic (exact) mass is 240 g/mol. The minimum atomic E-state index is 0.222. The van der Waals surface area contributed by atoms with Crippen molar-refractivity contribution >= 4 is 11.6 Å². The van der Waals surface area contributed by atoms with E-state index in [0.29, 0.717) is 0 Å². The average molecular weight is 241 g/mol. The Morgan fingerprint density at radius 2 is 2.19 bits per heavy atom. The van der Waals surface area contributed by atoms with Gasteiger partial charge in [0.2, 0.25) is 0 Å². The molecule has 1 aromatic rings. The van der Waals surface area contributed by atoms with Crippen molar-refractivity contribution in [2.45, 2.75) is 33.6 Å². The summed E-state index contributed by atoms with van der Waals surface area (Å²) in [5.74, 6) is 0. The average Bonchev–Trinajstić information content (AvgIpc) is 2.21. The van der Waals surface area contributed by atoms with Gasteiger partial charge in [-0.25, -0.2) is 0 Å². The van der Waals surface area contributed by atoms with Gasteiger partial charge in [-0.1, -0.05) is 32.4 Å². The Morgan fingerprint density at radius 3 is 2.81 bits per heavy atom. The first-order valence-electron chi connectivity index (χ1n) is 5.84. The first-order valence-corrected chi connectivity index (χ1v) is 6.22. The molecule has 0 bridgehead atoms. The maximum Gasteiger partial charge on any atom is 0.0621 e. The molecule has 2 nitrogen and oxygen atoms in total. The zero-order valence-corrected chi connectivity index (χ0v) is 11.1. The molecular weight excluding hydrogens is 220 g/mol. The van der Waals surface area contributed by atoms with Gasteiger partial charge in [-0.15, -0.1) is 0 Å². The molecule has 0 radical (unpaired) electrons. The van der Waals surface area contributed by atoms with Crippen molar-refractivity contribution in [1.29, 1.82) is 0 Å². The Kier molecular flexibility index (Phi) is 5.23. The van der Waals surface area contributed by atoms with E-state index < -0.39 is 0 Å². The van der Waals surface area contributed by atoms with Crippen molar-refractivity contribution in [2.75, 3.05) is 13.1 Å².